The van der Waals surface area contributed by atoms with E-state index in [9.17, 15) is 14.9 Å². The molecule has 1 aromatic rings. The highest BCUT2D eigenvalue weighted by atomic mass is 16.6. The van der Waals surface area contributed by atoms with Crippen LogP contribution in [0, 0.1) is 10.1 Å². The third kappa shape index (κ3) is 3.62. The topological polar surface area (TPSA) is 102 Å². The van der Waals surface area contributed by atoms with Gasteiger partial charge in [0.2, 0.25) is 5.91 Å². The molecule has 0 aliphatic heterocycles. The van der Waals surface area contributed by atoms with Gasteiger partial charge in [-0.2, -0.15) is 0 Å². The number of non-ortho nitro benzene ring substituents is 1. The molecule has 0 spiro atoms. The van der Waals surface area contributed by atoms with Crippen LogP contribution in [0.1, 0.15) is 25.7 Å². The molecule has 0 aromatic heterocycles. The van der Waals surface area contributed by atoms with Gasteiger partial charge >= 0.3 is 0 Å². The van der Waals surface area contributed by atoms with E-state index in [1.54, 1.807) is 7.05 Å². The third-order valence-corrected chi connectivity index (χ3v) is 3.83. The fourth-order valence-electron chi connectivity index (χ4n) is 2.83. The Kier molecular flexibility index (Phi) is 4.62. The maximum atomic E-state index is 11.3. The predicted octanol–water partition coefficient (Wildman–Crippen LogP) is 1.87. The molecule has 0 heterocycles. The van der Waals surface area contributed by atoms with E-state index >= 15 is 0 Å². The molecule has 1 aliphatic rings. The lowest BCUT2D eigenvalue weighted by Gasteiger charge is -2.30. The Balaban J connectivity index is 2.39. The van der Waals surface area contributed by atoms with E-state index in [-0.39, 0.29) is 18.3 Å². The first-order valence-corrected chi connectivity index (χ1v) is 7.03. The highest BCUT2D eigenvalue weighted by molar-refractivity contribution is 5.80. The summed E-state index contributed by atoms with van der Waals surface area (Å²) in [5, 5.41) is 14.0. The van der Waals surface area contributed by atoms with Gasteiger partial charge in [0.15, 0.2) is 0 Å². The van der Waals surface area contributed by atoms with E-state index in [0.717, 1.165) is 25.7 Å². The Morgan fingerprint density at radius 1 is 1.43 bits per heavy atom. The van der Waals surface area contributed by atoms with Crippen LogP contribution in [-0.4, -0.2) is 30.5 Å². The van der Waals surface area contributed by atoms with Crippen LogP contribution in [0.4, 0.5) is 17.1 Å². The number of nitrogens with one attached hydrogen (secondary N) is 1. The number of amides is 1. The monoisotopic (exact) mass is 292 g/mol. The number of carbonyl (C=O) groups excluding carboxylic acids is 1. The minimum atomic E-state index is -0.431. The first-order valence-electron chi connectivity index (χ1n) is 7.03. The zero-order valence-electron chi connectivity index (χ0n) is 12.0. The maximum absolute atomic E-state index is 11.3. The van der Waals surface area contributed by atoms with Crippen LogP contribution in [-0.2, 0) is 4.79 Å². The fraction of sp³-hybridized carbons (Fsp3) is 0.500. The number of nitro groups is 1. The highest BCUT2D eigenvalue weighted by Gasteiger charge is 2.25. The molecule has 0 unspecified atom stereocenters. The molecular weight excluding hydrogens is 272 g/mol. The Morgan fingerprint density at radius 2 is 2.10 bits per heavy atom. The van der Waals surface area contributed by atoms with Gasteiger partial charge in [0, 0.05) is 36.6 Å². The molecule has 1 fully saturated rings. The lowest BCUT2D eigenvalue weighted by molar-refractivity contribution is -0.384. The number of nitrogens with two attached hydrogens (primary N) is 1. The summed E-state index contributed by atoms with van der Waals surface area (Å²) in [5.41, 5.74) is 6.65. The molecule has 1 saturated carbocycles. The van der Waals surface area contributed by atoms with Crippen molar-refractivity contribution >= 4 is 23.0 Å². The van der Waals surface area contributed by atoms with Crippen molar-refractivity contribution in [3.05, 3.63) is 28.3 Å². The van der Waals surface area contributed by atoms with E-state index in [0.29, 0.717) is 11.4 Å². The SMILES string of the molecule is CNc1cc(N(CC(N)=O)C2CCCC2)cc([N+](=O)[O-])c1. The van der Waals surface area contributed by atoms with Gasteiger partial charge in [-0.1, -0.05) is 12.8 Å². The van der Waals surface area contributed by atoms with Crippen molar-refractivity contribution < 1.29 is 9.72 Å². The average molecular weight is 292 g/mol. The van der Waals surface area contributed by atoms with Crippen molar-refractivity contribution in [3.63, 3.8) is 0 Å². The van der Waals surface area contributed by atoms with Crippen molar-refractivity contribution in [3.8, 4) is 0 Å². The molecule has 3 N–H and O–H groups in total. The summed E-state index contributed by atoms with van der Waals surface area (Å²) in [4.78, 5) is 23.9. The molecule has 7 nitrogen and oxygen atoms in total. The number of primary amides is 1. The lowest BCUT2D eigenvalue weighted by Crippen LogP contribution is -2.40. The van der Waals surface area contributed by atoms with Crippen molar-refractivity contribution in [2.45, 2.75) is 31.7 Å². The second kappa shape index (κ2) is 6.43. The van der Waals surface area contributed by atoms with Crippen LogP contribution in [0.5, 0.6) is 0 Å². The Labute approximate surface area is 123 Å². The zero-order valence-corrected chi connectivity index (χ0v) is 12.0. The molecule has 2 rings (SSSR count). The molecule has 7 heteroatoms. The highest BCUT2D eigenvalue weighted by Crippen LogP contribution is 2.32. The molecule has 0 bridgehead atoms. The van der Waals surface area contributed by atoms with Gasteiger partial charge in [0.25, 0.3) is 5.69 Å². The molecule has 0 atom stereocenters. The van der Waals surface area contributed by atoms with Crippen LogP contribution in [0.25, 0.3) is 0 Å². The smallest absolute Gasteiger partial charge is 0.273 e. The lowest BCUT2D eigenvalue weighted by atomic mass is 10.1. The zero-order chi connectivity index (χ0) is 15.4. The fourth-order valence-corrected chi connectivity index (χ4v) is 2.83. The minimum Gasteiger partial charge on any atom is -0.388 e. The van der Waals surface area contributed by atoms with Crippen LogP contribution in [0.15, 0.2) is 18.2 Å². The van der Waals surface area contributed by atoms with Gasteiger partial charge in [-0.3, -0.25) is 14.9 Å². The Hall–Kier alpha value is -2.31. The van der Waals surface area contributed by atoms with Gasteiger partial charge in [-0.05, 0) is 18.9 Å². The van der Waals surface area contributed by atoms with E-state index < -0.39 is 10.8 Å². The number of benzene rings is 1. The van der Waals surface area contributed by atoms with Crippen molar-refractivity contribution in [1.29, 1.82) is 0 Å². The van der Waals surface area contributed by atoms with E-state index in [4.69, 9.17) is 5.73 Å². The molecule has 114 valence electrons. The number of anilines is 2. The summed E-state index contributed by atoms with van der Waals surface area (Å²) in [6, 6.07) is 5.00. The van der Waals surface area contributed by atoms with Gasteiger partial charge in [-0.25, -0.2) is 0 Å². The molecule has 21 heavy (non-hydrogen) atoms. The first-order chi connectivity index (χ1) is 10.0. The Morgan fingerprint density at radius 3 is 2.62 bits per heavy atom. The molecule has 1 amide bonds. The van der Waals surface area contributed by atoms with Crippen LogP contribution >= 0.6 is 0 Å². The van der Waals surface area contributed by atoms with Gasteiger partial charge in [-0.15, -0.1) is 0 Å². The third-order valence-electron chi connectivity index (χ3n) is 3.83. The second-order valence-corrected chi connectivity index (χ2v) is 5.28. The van der Waals surface area contributed by atoms with E-state index in [1.807, 2.05) is 11.0 Å². The summed E-state index contributed by atoms with van der Waals surface area (Å²) in [5.74, 6) is -0.431. The quantitative estimate of drug-likeness (QED) is 0.615. The molecule has 1 aliphatic carbocycles. The number of hydrogen-bond donors (Lipinski definition) is 2. The number of hydrogen-bond acceptors (Lipinski definition) is 5. The standard InChI is InChI=1S/C14H20N4O3/c1-16-10-6-12(8-13(7-10)18(20)21)17(9-14(15)19)11-4-2-3-5-11/h6-8,11,16H,2-5,9H2,1H3,(H2,15,19). The summed E-state index contributed by atoms with van der Waals surface area (Å²) in [7, 11) is 1.71. The van der Waals surface area contributed by atoms with Gasteiger partial charge in [0.05, 0.1) is 11.5 Å². The van der Waals surface area contributed by atoms with E-state index in [2.05, 4.69) is 5.32 Å². The second-order valence-electron chi connectivity index (χ2n) is 5.28. The first kappa shape index (κ1) is 15.1. The molecule has 0 saturated heterocycles. The van der Waals surface area contributed by atoms with Crippen molar-refractivity contribution in [1.82, 2.24) is 0 Å². The summed E-state index contributed by atoms with van der Waals surface area (Å²) >= 11 is 0. The molecule has 0 radical (unpaired) electrons. The normalized spacial score (nSPS) is 14.9. The van der Waals surface area contributed by atoms with E-state index in [1.165, 1.54) is 12.1 Å². The van der Waals surface area contributed by atoms with Crippen LogP contribution in [0.2, 0.25) is 0 Å². The average Bonchev–Trinajstić information content (AvgIpc) is 2.97. The molecule has 1 aromatic carbocycles. The van der Waals surface area contributed by atoms with Gasteiger partial charge < -0.3 is 16.0 Å². The van der Waals surface area contributed by atoms with Crippen molar-refractivity contribution in [2.75, 3.05) is 23.8 Å². The summed E-state index contributed by atoms with van der Waals surface area (Å²) in [6.07, 6.45) is 4.16. The summed E-state index contributed by atoms with van der Waals surface area (Å²) < 4.78 is 0. The minimum absolute atomic E-state index is 0.00400. The largest absolute Gasteiger partial charge is 0.388 e. The predicted molar refractivity (Wildman–Crippen MR) is 81.4 cm³/mol. The number of nitrogens with zero attached hydrogens (tertiary/aromatic N) is 2. The van der Waals surface area contributed by atoms with Crippen molar-refractivity contribution in [2.24, 2.45) is 5.73 Å². The van der Waals surface area contributed by atoms with Crippen LogP contribution in [0.3, 0.4) is 0 Å². The number of carbonyl (C=O) groups is 1. The Bertz CT molecular complexity index is 541. The number of nitro benzene ring substituents is 1. The number of rotatable bonds is 6. The van der Waals surface area contributed by atoms with Crippen LogP contribution < -0.4 is 16.0 Å². The maximum Gasteiger partial charge on any atom is 0.273 e. The molecular formula is C14H20N4O3. The summed E-state index contributed by atoms with van der Waals surface area (Å²) in [6.45, 7) is 0.0784. The van der Waals surface area contributed by atoms with Gasteiger partial charge in [0.1, 0.15) is 0 Å².